The first kappa shape index (κ1) is 17.8. The lowest BCUT2D eigenvalue weighted by atomic mass is 9.80. The molecule has 1 aromatic rings. The molecule has 1 aliphatic heterocycles. The third-order valence-corrected chi connectivity index (χ3v) is 5.33. The van der Waals surface area contributed by atoms with E-state index in [0.29, 0.717) is 12.5 Å². The molecule has 1 saturated heterocycles. The molecule has 0 radical (unpaired) electrons. The first-order valence-electron chi connectivity index (χ1n) is 8.82. The summed E-state index contributed by atoms with van der Waals surface area (Å²) in [5.74, 6) is 1.69. The van der Waals surface area contributed by atoms with E-state index in [1.165, 1.54) is 0 Å². The average molecular weight is 318 g/mol. The molecule has 0 bridgehead atoms. The summed E-state index contributed by atoms with van der Waals surface area (Å²) >= 11 is 0. The largest absolute Gasteiger partial charge is 0.493 e. The van der Waals surface area contributed by atoms with E-state index >= 15 is 0 Å². The first-order valence-corrected chi connectivity index (χ1v) is 8.82. The van der Waals surface area contributed by atoms with Crippen molar-refractivity contribution in [3.05, 3.63) is 30.3 Å². The number of amides is 1. The molecule has 4 nitrogen and oxygen atoms in total. The van der Waals surface area contributed by atoms with Gasteiger partial charge in [-0.05, 0) is 43.7 Å². The number of benzene rings is 1. The molecular formula is C19H30N2O2. The lowest BCUT2D eigenvalue weighted by Gasteiger charge is -2.39. The number of hydrogen-bond acceptors (Lipinski definition) is 3. The van der Waals surface area contributed by atoms with Gasteiger partial charge in [0, 0.05) is 19.6 Å². The lowest BCUT2D eigenvalue weighted by molar-refractivity contribution is -0.143. The van der Waals surface area contributed by atoms with Crippen molar-refractivity contribution in [2.45, 2.75) is 39.5 Å². The van der Waals surface area contributed by atoms with Crippen LogP contribution in [0.3, 0.4) is 0 Å². The smallest absolute Gasteiger partial charge is 0.230 e. The molecule has 1 aromatic carbocycles. The topological polar surface area (TPSA) is 55.6 Å². The maximum atomic E-state index is 12.8. The summed E-state index contributed by atoms with van der Waals surface area (Å²) in [6.45, 7) is 6.95. The molecule has 1 fully saturated rings. The number of piperidine rings is 1. The number of ether oxygens (including phenoxy) is 1. The van der Waals surface area contributed by atoms with Crippen molar-refractivity contribution in [2.75, 3.05) is 26.2 Å². The number of carbonyl (C=O) groups is 1. The van der Waals surface area contributed by atoms with Crippen LogP contribution in [0.5, 0.6) is 5.75 Å². The van der Waals surface area contributed by atoms with Crippen molar-refractivity contribution in [2.24, 2.45) is 17.1 Å². The Hall–Kier alpha value is -1.55. The third-order valence-electron chi connectivity index (χ3n) is 5.33. The van der Waals surface area contributed by atoms with E-state index in [9.17, 15) is 4.79 Å². The number of carbonyl (C=O) groups excluding carboxylic acids is 1. The fraction of sp³-hybridized carbons (Fsp3) is 0.632. The van der Waals surface area contributed by atoms with Crippen molar-refractivity contribution in [1.29, 1.82) is 0 Å². The summed E-state index contributed by atoms with van der Waals surface area (Å²) in [5, 5.41) is 0. The second-order valence-corrected chi connectivity index (χ2v) is 6.55. The number of para-hydroxylation sites is 1. The summed E-state index contributed by atoms with van der Waals surface area (Å²) in [7, 11) is 0. The maximum Gasteiger partial charge on any atom is 0.230 e. The summed E-state index contributed by atoms with van der Waals surface area (Å²) in [6, 6.07) is 9.92. The zero-order chi connectivity index (χ0) is 16.7. The molecule has 2 N–H and O–H groups in total. The highest BCUT2D eigenvalue weighted by Crippen LogP contribution is 2.30. The van der Waals surface area contributed by atoms with Gasteiger partial charge in [-0.25, -0.2) is 0 Å². The molecular weight excluding hydrogens is 288 g/mol. The van der Waals surface area contributed by atoms with Gasteiger partial charge in [0.15, 0.2) is 0 Å². The number of nitrogens with zero attached hydrogens (tertiary/aromatic N) is 1. The normalized spacial score (nSPS) is 16.4. The van der Waals surface area contributed by atoms with Gasteiger partial charge >= 0.3 is 0 Å². The van der Waals surface area contributed by atoms with Crippen LogP contribution in [0.25, 0.3) is 0 Å². The van der Waals surface area contributed by atoms with Gasteiger partial charge in [-0.3, -0.25) is 4.79 Å². The Bertz CT molecular complexity index is 469. The van der Waals surface area contributed by atoms with Crippen LogP contribution in [0.1, 0.15) is 39.5 Å². The van der Waals surface area contributed by atoms with Gasteiger partial charge in [-0.15, -0.1) is 0 Å². The second-order valence-electron chi connectivity index (χ2n) is 6.55. The van der Waals surface area contributed by atoms with Gasteiger partial charge in [-0.1, -0.05) is 32.0 Å². The Kier molecular flexibility index (Phi) is 6.46. The van der Waals surface area contributed by atoms with Crippen LogP contribution in [-0.4, -0.2) is 37.0 Å². The second kappa shape index (κ2) is 8.34. The van der Waals surface area contributed by atoms with Crippen LogP contribution < -0.4 is 10.5 Å². The van der Waals surface area contributed by atoms with E-state index in [4.69, 9.17) is 10.5 Å². The molecule has 1 amide bonds. The number of nitrogens with two attached hydrogens (primary N) is 1. The highest BCUT2D eigenvalue weighted by atomic mass is 16.5. The van der Waals surface area contributed by atoms with Crippen LogP contribution in [0.15, 0.2) is 30.3 Å². The zero-order valence-corrected chi connectivity index (χ0v) is 14.5. The van der Waals surface area contributed by atoms with Gasteiger partial charge in [0.2, 0.25) is 5.91 Å². The molecule has 4 heteroatoms. The summed E-state index contributed by atoms with van der Waals surface area (Å²) in [5.41, 5.74) is 5.54. The molecule has 1 aliphatic rings. The molecule has 0 spiro atoms. The van der Waals surface area contributed by atoms with E-state index < -0.39 is 0 Å². The summed E-state index contributed by atoms with van der Waals surface area (Å²) in [6.07, 6.45) is 3.64. The van der Waals surface area contributed by atoms with E-state index in [1.807, 2.05) is 35.2 Å². The minimum absolute atomic E-state index is 0.243. The SMILES string of the molecule is CCC(CC)(CN)C(=O)N1CCC(COc2ccccc2)CC1. The molecule has 0 aromatic heterocycles. The minimum Gasteiger partial charge on any atom is -0.493 e. The Morgan fingerprint density at radius 3 is 2.35 bits per heavy atom. The van der Waals surface area contributed by atoms with Gasteiger partial charge in [0.1, 0.15) is 5.75 Å². The van der Waals surface area contributed by atoms with Crippen molar-refractivity contribution in [3.63, 3.8) is 0 Å². The van der Waals surface area contributed by atoms with Crippen molar-refractivity contribution < 1.29 is 9.53 Å². The van der Waals surface area contributed by atoms with Crippen LogP contribution >= 0.6 is 0 Å². The maximum absolute atomic E-state index is 12.8. The predicted molar refractivity (Wildman–Crippen MR) is 93.3 cm³/mol. The van der Waals surface area contributed by atoms with Gasteiger partial charge in [0.05, 0.1) is 12.0 Å². The van der Waals surface area contributed by atoms with Gasteiger partial charge in [0.25, 0.3) is 0 Å². The number of rotatable bonds is 7. The molecule has 1 heterocycles. The van der Waals surface area contributed by atoms with Gasteiger partial charge in [-0.2, -0.15) is 0 Å². The highest BCUT2D eigenvalue weighted by molar-refractivity contribution is 5.83. The van der Waals surface area contributed by atoms with Crippen LogP contribution in [0, 0.1) is 11.3 Å². The van der Waals surface area contributed by atoms with Crippen molar-refractivity contribution in [1.82, 2.24) is 4.90 Å². The quantitative estimate of drug-likeness (QED) is 0.840. The highest BCUT2D eigenvalue weighted by Gasteiger charge is 2.38. The molecule has 0 aliphatic carbocycles. The molecule has 0 saturated carbocycles. The fourth-order valence-electron chi connectivity index (χ4n) is 3.30. The molecule has 0 atom stereocenters. The molecule has 2 rings (SSSR count). The van der Waals surface area contributed by atoms with E-state index in [1.54, 1.807) is 0 Å². The number of likely N-dealkylation sites (tertiary alicyclic amines) is 1. The molecule has 128 valence electrons. The van der Waals surface area contributed by atoms with Gasteiger partial charge < -0.3 is 15.4 Å². The Labute approximate surface area is 140 Å². The average Bonchev–Trinajstić information content (AvgIpc) is 2.63. The first-order chi connectivity index (χ1) is 11.1. The van der Waals surface area contributed by atoms with E-state index in [0.717, 1.165) is 51.1 Å². The van der Waals surface area contributed by atoms with Crippen LogP contribution in [-0.2, 0) is 4.79 Å². The van der Waals surface area contributed by atoms with Crippen LogP contribution in [0.4, 0.5) is 0 Å². The number of hydrogen-bond donors (Lipinski definition) is 1. The zero-order valence-electron chi connectivity index (χ0n) is 14.5. The third kappa shape index (κ3) is 4.25. The summed E-state index contributed by atoms with van der Waals surface area (Å²) in [4.78, 5) is 14.8. The van der Waals surface area contributed by atoms with Crippen molar-refractivity contribution in [3.8, 4) is 5.75 Å². The standard InChI is InChI=1S/C19H30N2O2/c1-3-19(4-2,15-20)18(22)21-12-10-16(11-13-21)14-23-17-8-6-5-7-9-17/h5-9,16H,3-4,10-15,20H2,1-2H3. The minimum atomic E-state index is -0.368. The monoisotopic (exact) mass is 318 g/mol. The van der Waals surface area contributed by atoms with Crippen LogP contribution in [0.2, 0.25) is 0 Å². The lowest BCUT2D eigenvalue weighted by Crippen LogP contribution is -2.50. The predicted octanol–water partition coefficient (Wildman–Crippen LogP) is 3.07. The molecule has 0 unspecified atom stereocenters. The van der Waals surface area contributed by atoms with E-state index in [2.05, 4.69) is 13.8 Å². The Morgan fingerprint density at radius 2 is 1.83 bits per heavy atom. The Morgan fingerprint density at radius 1 is 1.22 bits per heavy atom. The van der Waals surface area contributed by atoms with Crippen molar-refractivity contribution >= 4 is 5.91 Å². The van der Waals surface area contributed by atoms with E-state index in [-0.39, 0.29) is 11.3 Å². The fourth-order valence-corrected chi connectivity index (χ4v) is 3.30. The molecule has 23 heavy (non-hydrogen) atoms. The Balaban J connectivity index is 1.82. The summed E-state index contributed by atoms with van der Waals surface area (Å²) < 4.78 is 5.85.